The van der Waals surface area contributed by atoms with Gasteiger partial charge in [-0.2, -0.15) is 5.10 Å². The number of carbonyl (C=O) groups is 1. The third-order valence-corrected chi connectivity index (χ3v) is 3.18. The first-order valence-electron chi connectivity index (χ1n) is 7.14. The molecule has 2 aromatic heterocycles. The van der Waals surface area contributed by atoms with Crippen LogP contribution in [0.3, 0.4) is 0 Å². The van der Waals surface area contributed by atoms with Crippen LogP contribution in [0.5, 0.6) is 0 Å². The lowest BCUT2D eigenvalue weighted by Crippen LogP contribution is -2.30. The summed E-state index contributed by atoms with van der Waals surface area (Å²) in [6, 6.07) is 13.4. The molecule has 0 aliphatic carbocycles. The van der Waals surface area contributed by atoms with Crippen molar-refractivity contribution in [3.05, 3.63) is 60.6 Å². The van der Waals surface area contributed by atoms with E-state index in [2.05, 4.69) is 10.4 Å². The molecule has 5 nitrogen and oxygen atoms in total. The summed E-state index contributed by atoms with van der Waals surface area (Å²) in [7, 11) is 0. The predicted octanol–water partition coefficient (Wildman–Crippen LogP) is 3.27. The largest absolute Gasteiger partial charge is 0.464 e. The van der Waals surface area contributed by atoms with Gasteiger partial charge in [-0.15, -0.1) is 0 Å². The van der Waals surface area contributed by atoms with Gasteiger partial charge in [-0.1, -0.05) is 0 Å². The van der Waals surface area contributed by atoms with Crippen LogP contribution in [0.15, 0.2) is 59.3 Å². The Morgan fingerprint density at radius 2 is 1.95 bits per heavy atom. The molecular weight excluding hydrogens is 278 g/mol. The molecule has 22 heavy (non-hydrogen) atoms. The quantitative estimate of drug-likeness (QED) is 0.803. The van der Waals surface area contributed by atoms with E-state index < -0.39 is 0 Å². The van der Waals surface area contributed by atoms with Crippen molar-refractivity contribution >= 4 is 5.91 Å². The molecule has 0 spiro atoms. The summed E-state index contributed by atoms with van der Waals surface area (Å²) in [5.41, 5.74) is 2.29. The third kappa shape index (κ3) is 2.93. The van der Waals surface area contributed by atoms with E-state index in [0.717, 1.165) is 17.0 Å². The average Bonchev–Trinajstić information content (AvgIpc) is 3.19. The summed E-state index contributed by atoms with van der Waals surface area (Å²) in [4.78, 5) is 11.9. The summed E-state index contributed by atoms with van der Waals surface area (Å²) in [5, 5.41) is 7.13. The fourth-order valence-electron chi connectivity index (χ4n) is 2.15. The van der Waals surface area contributed by atoms with Crippen molar-refractivity contribution < 1.29 is 9.21 Å². The number of furan rings is 1. The van der Waals surface area contributed by atoms with Gasteiger partial charge in [0.1, 0.15) is 5.76 Å². The van der Waals surface area contributed by atoms with Crippen molar-refractivity contribution in [2.24, 2.45) is 0 Å². The fourth-order valence-corrected chi connectivity index (χ4v) is 2.15. The molecule has 1 N–H and O–H groups in total. The first kappa shape index (κ1) is 14.1. The minimum Gasteiger partial charge on any atom is -0.464 e. The molecule has 0 atom stereocenters. The molecule has 3 aromatic rings. The van der Waals surface area contributed by atoms with E-state index in [1.807, 2.05) is 50.2 Å². The molecule has 1 aromatic carbocycles. The van der Waals surface area contributed by atoms with Crippen LogP contribution in [0.25, 0.3) is 17.0 Å². The normalized spacial score (nSPS) is 10.9. The second-order valence-electron chi connectivity index (χ2n) is 5.30. The highest BCUT2D eigenvalue weighted by molar-refractivity contribution is 5.92. The fraction of sp³-hybridized carbons (Fsp3) is 0.176. The molecule has 0 saturated carbocycles. The minimum atomic E-state index is -0.166. The Labute approximate surface area is 128 Å². The number of carbonyl (C=O) groups excluding carboxylic acids is 1. The van der Waals surface area contributed by atoms with Crippen molar-refractivity contribution in [1.82, 2.24) is 15.1 Å². The van der Waals surface area contributed by atoms with E-state index in [0.29, 0.717) is 5.69 Å². The van der Waals surface area contributed by atoms with Gasteiger partial charge in [-0.25, -0.2) is 4.68 Å². The molecule has 0 aliphatic rings. The topological polar surface area (TPSA) is 60.1 Å². The van der Waals surface area contributed by atoms with Gasteiger partial charge >= 0.3 is 0 Å². The Hall–Kier alpha value is -2.82. The van der Waals surface area contributed by atoms with Crippen molar-refractivity contribution in [3.8, 4) is 17.0 Å². The Bertz CT molecular complexity index is 756. The highest BCUT2D eigenvalue weighted by Gasteiger charge is 2.11. The molecule has 3 rings (SSSR count). The highest BCUT2D eigenvalue weighted by atomic mass is 16.3. The average molecular weight is 295 g/mol. The smallest absolute Gasteiger partial charge is 0.271 e. The molecule has 0 saturated heterocycles. The molecular formula is C17H17N3O2. The van der Waals surface area contributed by atoms with Crippen LogP contribution in [0, 0.1) is 0 Å². The van der Waals surface area contributed by atoms with Crippen LogP contribution in [-0.4, -0.2) is 21.7 Å². The molecule has 0 fully saturated rings. The molecule has 0 radical (unpaired) electrons. The summed E-state index contributed by atoms with van der Waals surface area (Å²) >= 11 is 0. The van der Waals surface area contributed by atoms with E-state index >= 15 is 0 Å². The van der Waals surface area contributed by atoms with Crippen molar-refractivity contribution in [3.63, 3.8) is 0 Å². The van der Waals surface area contributed by atoms with Gasteiger partial charge in [0.25, 0.3) is 5.91 Å². The zero-order chi connectivity index (χ0) is 15.5. The lowest BCUT2D eigenvalue weighted by Gasteiger charge is -2.06. The van der Waals surface area contributed by atoms with Gasteiger partial charge in [-0.3, -0.25) is 4.79 Å². The van der Waals surface area contributed by atoms with E-state index in [4.69, 9.17) is 4.42 Å². The number of nitrogens with one attached hydrogen (secondary N) is 1. The Morgan fingerprint density at radius 1 is 1.18 bits per heavy atom. The number of nitrogens with zero attached hydrogens (tertiary/aromatic N) is 2. The van der Waals surface area contributed by atoms with E-state index in [9.17, 15) is 4.79 Å². The van der Waals surface area contributed by atoms with Gasteiger partial charge in [0.2, 0.25) is 0 Å². The number of amides is 1. The van der Waals surface area contributed by atoms with Crippen LogP contribution < -0.4 is 5.32 Å². The van der Waals surface area contributed by atoms with Crippen LogP contribution in [0.4, 0.5) is 0 Å². The number of hydrogen-bond acceptors (Lipinski definition) is 3. The second kappa shape index (κ2) is 5.89. The zero-order valence-electron chi connectivity index (χ0n) is 12.5. The lowest BCUT2D eigenvalue weighted by molar-refractivity contribution is 0.0937. The van der Waals surface area contributed by atoms with Gasteiger partial charge in [0.15, 0.2) is 5.69 Å². The number of benzene rings is 1. The highest BCUT2D eigenvalue weighted by Crippen LogP contribution is 2.21. The first-order chi connectivity index (χ1) is 10.6. The Kier molecular flexibility index (Phi) is 3.78. The molecule has 0 bridgehead atoms. The molecule has 0 aliphatic heterocycles. The number of aromatic nitrogens is 2. The summed E-state index contributed by atoms with van der Waals surface area (Å²) < 4.78 is 7.04. The van der Waals surface area contributed by atoms with Gasteiger partial charge in [0, 0.05) is 17.8 Å². The van der Waals surface area contributed by atoms with Gasteiger partial charge in [0.05, 0.1) is 12.0 Å². The summed E-state index contributed by atoms with van der Waals surface area (Å²) in [5.74, 6) is 0.657. The maximum atomic E-state index is 11.9. The predicted molar refractivity (Wildman–Crippen MR) is 83.9 cm³/mol. The van der Waals surface area contributed by atoms with Crippen LogP contribution >= 0.6 is 0 Å². The van der Waals surface area contributed by atoms with E-state index in [1.54, 1.807) is 23.2 Å². The SMILES string of the molecule is CC(C)NC(=O)c1ccn(-c2ccc(-c3ccco3)cc2)n1. The maximum absolute atomic E-state index is 11.9. The van der Waals surface area contributed by atoms with Gasteiger partial charge < -0.3 is 9.73 Å². The minimum absolute atomic E-state index is 0.0882. The number of hydrogen-bond donors (Lipinski definition) is 1. The monoisotopic (exact) mass is 295 g/mol. The lowest BCUT2D eigenvalue weighted by atomic mass is 10.1. The van der Waals surface area contributed by atoms with Crippen molar-refractivity contribution in [2.45, 2.75) is 19.9 Å². The molecule has 112 valence electrons. The van der Waals surface area contributed by atoms with Crippen LogP contribution in [0.1, 0.15) is 24.3 Å². The number of rotatable bonds is 4. The van der Waals surface area contributed by atoms with Crippen LogP contribution in [-0.2, 0) is 0 Å². The zero-order valence-corrected chi connectivity index (χ0v) is 12.5. The molecule has 2 heterocycles. The molecule has 1 amide bonds. The van der Waals surface area contributed by atoms with Crippen LogP contribution in [0.2, 0.25) is 0 Å². The van der Waals surface area contributed by atoms with Gasteiger partial charge in [-0.05, 0) is 56.3 Å². The van der Waals surface area contributed by atoms with E-state index in [-0.39, 0.29) is 11.9 Å². The summed E-state index contributed by atoms with van der Waals surface area (Å²) in [6.07, 6.45) is 3.42. The van der Waals surface area contributed by atoms with Crippen molar-refractivity contribution in [1.29, 1.82) is 0 Å². The molecule has 0 unspecified atom stereocenters. The first-order valence-corrected chi connectivity index (χ1v) is 7.14. The van der Waals surface area contributed by atoms with Crippen molar-refractivity contribution in [2.75, 3.05) is 0 Å². The maximum Gasteiger partial charge on any atom is 0.271 e. The van der Waals surface area contributed by atoms with E-state index in [1.165, 1.54) is 0 Å². The third-order valence-electron chi connectivity index (χ3n) is 3.18. The standard InChI is InChI=1S/C17H17N3O2/c1-12(2)18-17(21)15-9-10-20(19-15)14-7-5-13(6-8-14)16-4-3-11-22-16/h3-12H,1-2H3,(H,18,21). The second-order valence-corrected chi connectivity index (χ2v) is 5.30. The Balaban J connectivity index is 1.80. The molecule has 5 heteroatoms. The summed E-state index contributed by atoms with van der Waals surface area (Å²) in [6.45, 7) is 3.84. The Morgan fingerprint density at radius 3 is 2.59 bits per heavy atom.